The maximum Gasteiger partial charge on any atom is 0.261 e. The molecule has 0 heterocycles. The molecule has 3 N–H and O–H groups in total. The first kappa shape index (κ1) is 20.3. The summed E-state index contributed by atoms with van der Waals surface area (Å²) in [6, 6.07) is 9.54. The van der Waals surface area contributed by atoms with Gasteiger partial charge in [-0.1, -0.05) is 17.7 Å². The van der Waals surface area contributed by atoms with Gasteiger partial charge in [0.1, 0.15) is 11.6 Å². The second-order valence-electron chi connectivity index (χ2n) is 6.25. The molecule has 1 aliphatic rings. The van der Waals surface area contributed by atoms with Gasteiger partial charge >= 0.3 is 0 Å². The number of ether oxygens (including phenoxy) is 1. The van der Waals surface area contributed by atoms with Gasteiger partial charge in [0.2, 0.25) is 0 Å². The molecule has 0 aliphatic heterocycles. The lowest BCUT2D eigenvalue weighted by Gasteiger charge is -2.28. The molecule has 0 radical (unpaired) electrons. The van der Waals surface area contributed by atoms with E-state index in [0.29, 0.717) is 0 Å². The van der Waals surface area contributed by atoms with Crippen molar-refractivity contribution >= 4 is 35.6 Å². The van der Waals surface area contributed by atoms with Crippen molar-refractivity contribution in [1.82, 2.24) is 5.32 Å². The first-order valence-electron chi connectivity index (χ1n) is 8.24. The summed E-state index contributed by atoms with van der Waals surface area (Å²) in [5, 5.41) is 3.16. The third-order valence-corrected chi connectivity index (χ3v) is 4.66. The Morgan fingerprint density at radius 2 is 2.12 bits per heavy atom. The normalized spacial score (nSPS) is 16.8. The van der Waals surface area contributed by atoms with E-state index in [1.54, 1.807) is 6.92 Å². The van der Waals surface area contributed by atoms with Crippen molar-refractivity contribution in [2.45, 2.75) is 38.3 Å². The van der Waals surface area contributed by atoms with E-state index < -0.39 is 11.9 Å². The molecule has 0 saturated heterocycles. The van der Waals surface area contributed by atoms with E-state index in [4.69, 9.17) is 22.1 Å². The minimum atomic E-state index is -0.748. The summed E-state index contributed by atoms with van der Waals surface area (Å²) in [4.78, 5) is 12.5. The highest BCUT2D eigenvalue weighted by atomic mass is 35.5. The van der Waals surface area contributed by atoms with Crippen molar-refractivity contribution in [3.05, 3.63) is 58.4 Å². The monoisotopic (exact) mass is 398 g/mol. The van der Waals surface area contributed by atoms with Crippen LogP contribution in [0.15, 0.2) is 36.4 Å². The number of aryl methyl sites for hydroxylation is 1. The average molecular weight is 399 g/mol. The summed E-state index contributed by atoms with van der Waals surface area (Å²) < 4.78 is 18.7. The summed E-state index contributed by atoms with van der Waals surface area (Å²) in [5.41, 5.74) is 8.84. The van der Waals surface area contributed by atoms with Crippen molar-refractivity contribution in [3.8, 4) is 5.75 Å². The van der Waals surface area contributed by atoms with Gasteiger partial charge in [0, 0.05) is 5.69 Å². The summed E-state index contributed by atoms with van der Waals surface area (Å²) in [6.07, 6.45) is 2.07. The van der Waals surface area contributed by atoms with Crippen LogP contribution in [0.4, 0.5) is 10.1 Å². The Hall–Kier alpha value is -1.98. The standard InChI is InChI=1S/C19H20ClFN2O2.ClH/c1-11(25-18-8-5-13(21)10-16(18)20)19(24)23-17-4-2-3-12-9-14(22)6-7-15(12)17;/h5-11,17H,2-4,22H2,1H3,(H,23,24);1H. The topological polar surface area (TPSA) is 64.3 Å². The minimum absolute atomic E-state index is 0. The van der Waals surface area contributed by atoms with E-state index in [9.17, 15) is 9.18 Å². The van der Waals surface area contributed by atoms with E-state index in [2.05, 4.69) is 5.32 Å². The number of halogens is 3. The molecule has 2 aromatic rings. The van der Waals surface area contributed by atoms with Crippen molar-refractivity contribution in [2.24, 2.45) is 0 Å². The second-order valence-corrected chi connectivity index (χ2v) is 6.65. The molecule has 2 aromatic carbocycles. The van der Waals surface area contributed by atoms with E-state index in [1.807, 2.05) is 18.2 Å². The average Bonchev–Trinajstić information content (AvgIpc) is 2.57. The highest BCUT2D eigenvalue weighted by Crippen LogP contribution is 2.31. The summed E-state index contributed by atoms with van der Waals surface area (Å²) in [5.74, 6) is -0.412. The number of nitrogens with one attached hydrogen (secondary N) is 1. The molecule has 3 rings (SSSR count). The molecule has 0 aromatic heterocycles. The van der Waals surface area contributed by atoms with E-state index in [0.717, 1.165) is 36.6 Å². The molecule has 0 spiro atoms. The van der Waals surface area contributed by atoms with E-state index in [-0.39, 0.29) is 35.1 Å². The Morgan fingerprint density at radius 3 is 2.85 bits per heavy atom. The predicted octanol–water partition coefficient (Wildman–Crippen LogP) is 4.44. The predicted molar refractivity (Wildman–Crippen MR) is 103 cm³/mol. The van der Waals surface area contributed by atoms with Crippen LogP contribution in [0.1, 0.15) is 36.9 Å². The molecule has 1 amide bonds. The number of hydrogen-bond donors (Lipinski definition) is 2. The number of nitrogen functional groups attached to an aromatic ring is 1. The zero-order valence-corrected chi connectivity index (χ0v) is 15.9. The Bertz CT molecular complexity index is 801. The number of benzene rings is 2. The number of carbonyl (C=O) groups excluding carboxylic acids is 1. The molecular formula is C19H21Cl2FN2O2. The maximum absolute atomic E-state index is 13.1. The van der Waals surface area contributed by atoms with Gasteiger partial charge < -0.3 is 15.8 Å². The smallest absolute Gasteiger partial charge is 0.261 e. The van der Waals surface area contributed by atoms with Gasteiger partial charge in [0.25, 0.3) is 5.91 Å². The van der Waals surface area contributed by atoms with Crippen LogP contribution in [0.25, 0.3) is 0 Å². The van der Waals surface area contributed by atoms with Crippen molar-refractivity contribution in [2.75, 3.05) is 5.73 Å². The molecule has 0 saturated carbocycles. The molecule has 2 unspecified atom stereocenters. The number of rotatable bonds is 4. The second kappa shape index (κ2) is 8.60. The number of hydrogen-bond acceptors (Lipinski definition) is 3. The molecule has 140 valence electrons. The van der Waals surface area contributed by atoms with Crippen LogP contribution in [0.2, 0.25) is 5.02 Å². The lowest BCUT2D eigenvalue weighted by atomic mass is 9.87. The molecule has 26 heavy (non-hydrogen) atoms. The fourth-order valence-electron chi connectivity index (χ4n) is 3.09. The lowest BCUT2D eigenvalue weighted by molar-refractivity contribution is -0.128. The van der Waals surface area contributed by atoms with E-state index >= 15 is 0 Å². The molecule has 1 aliphatic carbocycles. The Balaban J connectivity index is 0.00000243. The van der Waals surface area contributed by atoms with Crippen LogP contribution in [-0.2, 0) is 11.2 Å². The zero-order chi connectivity index (χ0) is 18.0. The third kappa shape index (κ3) is 4.59. The highest BCUT2D eigenvalue weighted by molar-refractivity contribution is 6.32. The van der Waals surface area contributed by atoms with Crippen LogP contribution >= 0.6 is 24.0 Å². The fourth-order valence-corrected chi connectivity index (χ4v) is 3.30. The molecule has 4 nitrogen and oxygen atoms in total. The fraction of sp³-hybridized carbons (Fsp3) is 0.316. The molecular weight excluding hydrogens is 378 g/mol. The van der Waals surface area contributed by atoms with E-state index in [1.165, 1.54) is 17.7 Å². The summed E-state index contributed by atoms with van der Waals surface area (Å²) in [7, 11) is 0. The van der Waals surface area contributed by atoms with Gasteiger partial charge in [-0.15, -0.1) is 12.4 Å². The van der Waals surface area contributed by atoms with Crippen LogP contribution in [-0.4, -0.2) is 12.0 Å². The quantitative estimate of drug-likeness (QED) is 0.747. The minimum Gasteiger partial charge on any atom is -0.479 e. The first-order valence-corrected chi connectivity index (χ1v) is 8.62. The summed E-state index contributed by atoms with van der Waals surface area (Å²) in [6.45, 7) is 1.64. The maximum atomic E-state index is 13.1. The highest BCUT2D eigenvalue weighted by Gasteiger charge is 2.25. The van der Waals surface area contributed by atoms with Gasteiger partial charge in [0.15, 0.2) is 6.10 Å². The third-order valence-electron chi connectivity index (χ3n) is 4.36. The van der Waals surface area contributed by atoms with Gasteiger partial charge in [0.05, 0.1) is 11.1 Å². The number of nitrogens with two attached hydrogens (primary N) is 1. The molecule has 7 heteroatoms. The van der Waals surface area contributed by atoms with Crippen molar-refractivity contribution in [1.29, 1.82) is 0 Å². The SMILES string of the molecule is CC(Oc1ccc(F)cc1Cl)C(=O)NC1CCCc2cc(N)ccc21.Cl. The summed E-state index contributed by atoms with van der Waals surface area (Å²) >= 11 is 5.94. The molecule has 0 bridgehead atoms. The Labute approximate surface area is 163 Å². The number of amides is 1. The van der Waals surface area contributed by atoms with Gasteiger partial charge in [-0.3, -0.25) is 4.79 Å². The van der Waals surface area contributed by atoms with Gasteiger partial charge in [-0.25, -0.2) is 4.39 Å². The zero-order valence-electron chi connectivity index (χ0n) is 14.3. The molecule has 2 atom stereocenters. The van der Waals surface area contributed by atoms with Crippen LogP contribution < -0.4 is 15.8 Å². The van der Waals surface area contributed by atoms with Crippen LogP contribution in [0.5, 0.6) is 5.75 Å². The first-order chi connectivity index (χ1) is 11.9. The van der Waals surface area contributed by atoms with Crippen molar-refractivity contribution < 1.29 is 13.9 Å². The van der Waals surface area contributed by atoms with Crippen LogP contribution in [0.3, 0.4) is 0 Å². The largest absolute Gasteiger partial charge is 0.479 e. The van der Waals surface area contributed by atoms with Crippen molar-refractivity contribution in [3.63, 3.8) is 0 Å². The Morgan fingerprint density at radius 1 is 1.35 bits per heavy atom. The lowest BCUT2D eigenvalue weighted by Crippen LogP contribution is -2.39. The van der Waals surface area contributed by atoms with Crippen LogP contribution in [0, 0.1) is 5.82 Å². The molecule has 0 fully saturated rings. The number of anilines is 1. The van der Waals surface area contributed by atoms with Gasteiger partial charge in [-0.2, -0.15) is 0 Å². The number of carbonyl (C=O) groups is 1. The number of fused-ring (bicyclic) bond motifs is 1. The van der Waals surface area contributed by atoms with Gasteiger partial charge in [-0.05, 0) is 67.6 Å². The Kier molecular flexibility index (Phi) is 6.73.